The maximum absolute atomic E-state index is 13.2. The van der Waals surface area contributed by atoms with E-state index in [-0.39, 0.29) is 15.6 Å². The van der Waals surface area contributed by atoms with Crippen molar-refractivity contribution in [2.24, 2.45) is 0 Å². The summed E-state index contributed by atoms with van der Waals surface area (Å²) in [5.41, 5.74) is -0.833. The summed E-state index contributed by atoms with van der Waals surface area (Å²) in [5.74, 6) is -1.32. The maximum Gasteiger partial charge on any atom is 0.417 e. The zero-order valence-corrected chi connectivity index (χ0v) is 13.6. The molecule has 0 saturated heterocycles. The maximum atomic E-state index is 13.2. The van der Waals surface area contributed by atoms with Crippen molar-refractivity contribution in [2.75, 3.05) is 4.31 Å². The zero-order valence-electron chi connectivity index (χ0n) is 12.0. The van der Waals surface area contributed by atoms with Crippen molar-refractivity contribution in [3.63, 3.8) is 0 Å². The summed E-state index contributed by atoms with van der Waals surface area (Å²) in [7, 11) is 0. The lowest BCUT2D eigenvalue weighted by atomic mass is 10.2. The van der Waals surface area contributed by atoms with E-state index in [0.717, 1.165) is 28.6 Å². The van der Waals surface area contributed by atoms with Gasteiger partial charge in [-0.2, -0.15) is 13.2 Å². The molecule has 2 aromatic rings. The van der Waals surface area contributed by atoms with E-state index in [1.807, 2.05) is 0 Å². The average molecular weight is 376 g/mol. The Labute approximate surface area is 144 Å². The summed E-state index contributed by atoms with van der Waals surface area (Å²) in [6, 6.07) is 8.04. The first-order chi connectivity index (χ1) is 11.2. The fourth-order valence-corrected chi connectivity index (χ4v) is 3.16. The van der Waals surface area contributed by atoms with Crippen molar-refractivity contribution in [3.8, 4) is 0 Å². The molecule has 126 valence electrons. The molecule has 0 fully saturated rings. The fraction of sp³-hybridized carbons (Fsp3) is 0.0625. The minimum atomic E-state index is -4.58. The Balaban J connectivity index is 2.49. The number of benzene rings is 2. The molecule has 0 unspecified atom stereocenters. The van der Waals surface area contributed by atoms with Crippen LogP contribution < -0.4 is 4.31 Å². The summed E-state index contributed by atoms with van der Waals surface area (Å²) in [5, 5.41) is -0.109. The van der Waals surface area contributed by atoms with Gasteiger partial charge in [0.05, 0.1) is 16.3 Å². The van der Waals surface area contributed by atoms with Gasteiger partial charge in [0, 0.05) is 4.90 Å². The second-order valence-corrected chi connectivity index (χ2v) is 5.91. The minimum Gasteiger partial charge on any atom is -0.268 e. The molecular formula is C16H10ClF4NOS. The van der Waals surface area contributed by atoms with Gasteiger partial charge in [0.15, 0.2) is 0 Å². The molecule has 2 aromatic carbocycles. The van der Waals surface area contributed by atoms with Crippen LogP contribution in [0.4, 0.5) is 23.2 Å². The molecule has 24 heavy (non-hydrogen) atoms. The Hall–Kier alpha value is -1.99. The Morgan fingerprint density at radius 3 is 2.46 bits per heavy atom. The van der Waals surface area contributed by atoms with Gasteiger partial charge in [0.25, 0.3) is 5.91 Å². The van der Waals surface area contributed by atoms with Gasteiger partial charge < -0.3 is 0 Å². The molecule has 0 aromatic heterocycles. The second-order valence-electron chi connectivity index (χ2n) is 4.52. The quantitative estimate of drug-likeness (QED) is 0.387. The second kappa shape index (κ2) is 7.27. The van der Waals surface area contributed by atoms with Crippen LogP contribution in [0.1, 0.15) is 5.56 Å². The first-order valence-electron chi connectivity index (χ1n) is 6.50. The number of amides is 1. The third-order valence-corrected chi connectivity index (χ3v) is 4.30. The highest BCUT2D eigenvalue weighted by Crippen LogP contribution is 2.40. The predicted octanol–water partition coefficient (Wildman–Crippen LogP) is 5.72. The summed E-state index contributed by atoms with van der Waals surface area (Å²) in [6.45, 7) is 3.32. The van der Waals surface area contributed by atoms with Crippen molar-refractivity contribution in [1.82, 2.24) is 0 Å². The average Bonchev–Trinajstić information content (AvgIpc) is 2.52. The van der Waals surface area contributed by atoms with Crippen LogP contribution in [0, 0.1) is 5.82 Å². The van der Waals surface area contributed by atoms with Crippen LogP contribution in [-0.4, -0.2) is 5.91 Å². The van der Waals surface area contributed by atoms with E-state index in [0.29, 0.717) is 11.9 Å². The molecule has 0 atom stereocenters. The Morgan fingerprint density at radius 2 is 1.88 bits per heavy atom. The highest BCUT2D eigenvalue weighted by molar-refractivity contribution is 8.01. The number of hydrogen-bond acceptors (Lipinski definition) is 2. The van der Waals surface area contributed by atoms with Crippen molar-refractivity contribution in [1.29, 1.82) is 0 Å². The molecule has 0 heterocycles. The van der Waals surface area contributed by atoms with E-state index in [9.17, 15) is 22.4 Å². The molecule has 1 amide bonds. The van der Waals surface area contributed by atoms with Gasteiger partial charge in [0.2, 0.25) is 0 Å². The van der Waals surface area contributed by atoms with Crippen molar-refractivity contribution in [2.45, 2.75) is 11.1 Å². The number of alkyl halides is 3. The largest absolute Gasteiger partial charge is 0.417 e. The lowest BCUT2D eigenvalue weighted by Gasteiger charge is -2.22. The van der Waals surface area contributed by atoms with E-state index in [4.69, 9.17) is 11.6 Å². The van der Waals surface area contributed by atoms with Gasteiger partial charge >= 0.3 is 6.18 Å². The molecule has 0 bridgehead atoms. The number of anilines is 1. The van der Waals surface area contributed by atoms with Crippen LogP contribution in [0.15, 0.2) is 60.0 Å². The number of carbonyl (C=O) groups is 1. The summed E-state index contributed by atoms with van der Waals surface area (Å²) in [4.78, 5) is 11.9. The Kier molecular flexibility index (Phi) is 5.56. The Morgan fingerprint density at radius 1 is 1.21 bits per heavy atom. The van der Waals surface area contributed by atoms with E-state index in [2.05, 4.69) is 6.58 Å². The van der Waals surface area contributed by atoms with Crippen molar-refractivity contribution < 1.29 is 22.4 Å². The number of rotatable bonds is 4. The highest BCUT2D eigenvalue weighted by atomic mass is 35.5. The first-order valence-corrected chi connectivity index (χ1v) is 7.65. The third kappa shape index (κ3) is 4.10. The van der Waals surface area contributed by atoms with E-state index < -0.39 is 23.5 Å². The summed E-state index contributed by atoms with van der Waals surface area (Å²) >= 11 is 6.45. The number of nitrogens with zero attached hydrogens (tertiary/aromatic N) is 1. The monoisotopic (exact) mass is 375 g/mol. The molecule has 2 nitrogen and oxygen atoms in total. The van der Waals surface area contributed by atoms with E-state index >= 15 is 0 Å². The number of carbonyl (C=O) groups excluding carboxylic acids is 1. The van der Waals surface area contributed by atoms with Gasteiger partial charge in [-0.15, -0.1) is 0 Å². The zero-order chi connectivity index (χ0) is 17.9. The molecule has 0 aliphatic rings. The number of hydrogen-bond donors (Lipinski definition) is 0. The smallest absolute Gasteiger partial charge is 0.268 e. The van der Waals surface area contributed by atoms with Crippen LogP contribution in [0.25, 0.3) is 0 Å². The lowest BCUT2D eigenvalue weighted by Crippen LogP contribution is -2.22. The van der Waals surface area contributed by atoms with Crippen LogP contribution in [0.2, 0.25) is 5.02 Å². The molecule has 0 N–H and O–H groups in total. The normalized spacial score (nSPS) is 11.2. The van der Waals surface area contributed by atoms with Crippen LogP contribution in [0.5, 0.6) is 0 Å². The predicted molar refractivity (Wildman–Crippen MR) is 86.4 cm³/mol. The minimum absolute atomic E-state index is 0.0601. The molecule has 0 aliphatic heterocycles. The first kappa shape index (κ1) is 18.4. The lowest BCUT2D eigenvalue weighted by molar-refractivity contribution is -0.139. The molecule has 0 spiro atoms. The summed E-state index contributed by atoms with van der Waals surface area (Å²) in [6.07, 6.45) is -3.65. The standard InChI is InChI=1S/C16H10ClF4NOS/c1-2-15(23)22(13-8-7-10(18)9-12(13)17)24-14-6-4-3-5-11(14)16(19,20)21/h2-9H,1H2. The Bertz CT molecular complexity index is 779. The summed E-state index contributed by atoms with van der Waals surface area (Å²) < 4.78 is 53.4. The van der Waals surface area contributed by atoms with Gasteiger partial charge in [-0.1, -0.05) is 30.3 Å². The molecular weight excluding hydrogens is 366 g/mol. The van der Waals surface area contributed by atoms with Gasteiger partial charge in [0.1, 0.15) is 5.82 Å². The van der Waals surface area contributed by atoms with Crippen molar-refractivity contribution in [3.05, 3.63) is 71.5 Å². The van der Waals surface area contributed by atoms with E-state index in [1.54, 1.807) is 0 Å². The van der Waals surface area contributed by atoms with Gasteiger partial charge in [-0.05, 0) is 48.4 Å². The molecule has 2 rings (SSSR count). The van der Waals surface area contributed by atoms with Crippen LogP contribution >= 0.6 is 23.5 Å². The van der Waals surface area contributed by atoms with Crippen LogP contribution in [0.3, 0.4) is 0 Å². The highest BCUT2D eigenvalue weighted by Gasteiger charge is 2.34. The van der Waals surface area contributed by atoms with Gasteiger partial charge in [-0.3, -0.25) is 4.79 Å². The van der Waals surface area contributed by atoms with Crippen LogP contribution in [-0.2, 0) is 11.0 Å². The van der Waals surface area contributed by atoms with E-state index in [1.165, 1.54) is 24.3 Å². The van der Waals surface area contributed by atoms with Gasteiger partial charge in [-0.25, -0.2) is 8.70 Å². The topological polar surface area (TPSA) is 20.3 Å². The third-order valence-electron chi connectivity index (χ3n) is 2.89. The molecule has 0 radical (unpaired) electrons. The SMILES string of the molecule is C=CC(=O)N(Sc1ccccc1C(F)(F)F)c1ccc(F)cc1Cl. The van der Waals surface area contributed by atoms with Crippen molar-refractivity contribution >= 4 is 35.1 Å². The molecule has 0 aliphatic carbocycles. The fourth-order valence-electron chi connectivity index (χ4n) is 1.82. The molecule has 8 heteroatoms. The molecule has 0 saturated carbocycles. The number of halogens is 5.